The van der Waals surface area contributed by atoms with Crippen LogP contribution in [0, 0.1) is 5.92 Å². The molecule has 1 atom stereocenters. The number of thiophene rings is 1. The van der Waals surface area contributed by atoms with Crippen molar-refractivity contribution in [3.8, 4) is 0 Å². The molecule has 3 heterocycles. The van der Waals surface area contributed by atoms with E-state index < -0.39 is 0 Å². The Morgan fingerprint density at radius 3 is 3.00 bits per heavy atom. The first-order chi connectivity index (χ1) is 10.1. The Labute approximate surface area is 128 Å². The minimum absolute atomic E-state index is 0.0237. The first kappa shape index (κ1) is 14.3. The average molecular weight is 304 g/mol. The van der Waals surface area contributed by atoms with E-state index in [0.717, 1.165) is 23.7 Å². The van der Waals surface area contributed by atoms with Crippen molar-refractivity contribution in [2.45, 2.75) is 39.8 Å². The summed E-state index contributed by atoms with van der Waals surface area (Å²) in [6.07, 6.45) is 2.77. The summed E-state index contributed by atoms with van der Waals surface area (Å²) in [4.78, 5) is 16.7. The Hall–Kier alpha value is -1.69. The van der Waals surface area contributed by atoms with Gasteiger partial charge in [-0.05, 0) is 31.4 Å². The molecule has 21 heavy (non-hydrogen) atoms. The van der Waals surface area contributed by atoms with Gasteiger partial charge in [-0.15, -0.1) is 21.5 Å². The van der Waals surface area contributed by atoms with Crippen LogP contribution in [0.4, 0.5) is 0 Å². The Kier molecular flexibility index (Phi) is 3.80. The van der Waals surface area contributed by atoms with Crippen molar-refractivity contribution in [3.05, 3.63) is 34.0 Å². The zero-order valence-corrected chi connectivity index (χ0v) is 13.4. The molecule has 5 nitrogen and oxygen atoms in total. The number of carbonyl (C=O) groups is 1. The molecule has 6 heteroatoms. The summed E-state index contributed by atoms with van der Waals surface area (Å²) in [5.74, 6) is 1.59. The third-order valence-corrected chi connectivity index (χ3v) is 4.91. The topological polar surface area (TPSA) is 51.0 Å². The lowest BCUT2D eigenvalue weighted by Crippen LogP contribution is -2.40. The van der Waals surface area contributed by atoms with Crippen LogP contribution in [0.1, 0.15) is 47.2 Å². The highest BCUT2D eigenvalue weighted by molar-refractivity contribution is 7.14. The molecule has 2 aromatic heterocycles. The van der Waals surface area contributed by atoms with E-state index in [4.69, 9.17) is 0 Å². The molecule has 1 unspecified atom stereocenters. The third kappa shape index (κ3) is 2.72. The number of nitrogens with zero attached hydrogens (tertiary/aromatic N) is 4. The molecule has 3 rings (SSSR count). The van der Waals surface area contributed by atoms with E-state index in [-0.39, 0.29) is 11.9 Å². The van der Waals surface area contributed by atoms with Crippen molar-refractivity contribution >= 4 is 17.2 Å². The first-order valence-corrected chi connectivity index (χ1v) is 8.15. The molecule has 1 aliphatic rings. The van der Waals surface area contributed by atoms with E-state index in [1.165, 1.54) is 4.88 Å². The van der Waals surface area contributed by atoms with Crippen LogP contribution in [-0.4, -0.2) is 32.1 Å². The molecule has 112 valence electrons. The number of hydrogen-bond acceptors (Lipinski definition) is 4. The van der Waals surface area contributed by atoms with Gasteiger partial charge in [-0.25, -0.2) is 0 Å². The number of aromatic nitrogens is 3. The summed E-state index contributed by atoms with van der Waals surface area (Å²) in [6, 6.07) is 4.01. The fraction of sp³-hybridized carbons (Fsp3) is 0.533. The summed E-state index contributed by atoms with van der Waals surface area (Å²) in [7, 11) is 0. The fourth-order valence-electron chi connectivity index (χ4n) is 2.73. The number of carbonyl (C=O) groups excluding carboxylic acids is 1. The number of fused-ring (bicyclic) bond motifs is 1. The van der Waals surface area contributed by atoms with Crippen LogP contribution in [0.3, 0.4) is 0 Å². The smallest absolute Gasteiger partial charge is 0.264 e. The van der Waals surface area contributed by atoms with Gasteiger partial charge in [0.2, 0.25) is 0 Å². The Balaban J connectivity index is 1.78. The fourth-order valence-corrected chi connectivity index (χ4v) is 3.91. The monoisotopic (exact) mass is 304 g/mol. The van der Waals surface area contributed by atoms with E-state index >= 15 is 0 Å². The molecule has 0 radical (unpaired) electrons. The van der Waals surface area contributed by atoms with Crippen LogP contribution in [-0.2, 0) is 13.0 Å². The molecular weight excluding hydrogens is 284 g/mol. The lowest BCUT2D eigenvalue weighted by atomic mass is 10.1. The van der Waals surface area contributed by atoms with Crippen LogP contribution >= 0.6 is 11.3 Å². The van der Waals surface area contributed by atoms with E-state index in [9.17, 15) is 4.79 Å². The first-order valence-electron chi connectivity index (χ1n) is 7.33. The van der Waals surface area contributed by atoms with Gasteiger partial charge in [0.05, 0.1) is 10.9 Å². The lowest BCUT2D eigenvalue weighted by molar-refractivity contribution is 0.0643. The zero-order valence-electron chi connectivity index (χ0n) is 12.6. The molecule has 0 bridgehead atoms. The van der Waals surface area contributed by atoms with E-state index in [1.807, 2.05) is 22.5 Å². The van der Waals surface area contributed by atoms with Gasteiger partial charge >= 0.3 is 0 Å². The van der Waals surface area contributed by atoms with E-state index in [0.29, 0.717) is 12.5 Å². The summed E-state index contributed by atoms with van der Waals surface area (Å²) in [6.45, 7) is 7.88. The zero-order chi connectivity index (χ0) is 15.0. The van der Waals surface area contributed by atoms with Gasteiger partial charge in [-0.1, -0.05) is 13.8 Å². The van der Waals surface area contributed by atoms with Crippen LogP contribution in [0.5, 0.6) is 0 Å². The number of hydrogen-bond donors (Lipinski definition) is 0. The standard InChI is InChI=1S/C15H20N4OS/c1-10(2)8-12-4-5-13(21-12)15(20)19-7-6-18-9-16-17-14(18)11(19)3/h4-5,9-11H,6-8H2,1-3H3. The average Bonchev–Trinajstić information content (AvgIpc) is 3.06. The Morgan fingerprint density at radius 1 is 1.43 bits per heavy atom. The maximum Gasteiger partial charge on any atom is 0.264 e. The molecule has 1 amide bonds. The van der Waals surface area contributed by atoms with Gasteiger partial charge in [-0.3, -0.25) is 4.79 Å². The summed E-state index contributed by atoms with van der Waals surface area (Å²) < 4.78 is 2.02. The molecule has 2 aromatic rings. The highest BCUT2D eigenvalue weighted by Gasteiger charge is 2.30. The molecule has 0 aliphatic carbocycles. The van der Waals surface area contributed by atoms with Gasteiger partial charge < -0.3 is 9.47 Å². The molecule has 0 spiro atoms. The van der Waals surface area contributed by atoms with Gasteiger partial charge in [0.1, 0.15) is 6.33 Å². The van der Waals surface area contributed by atoms with Crippen LogP contribution in [0.25, 0.3) is 0 Å². The Morgan fingerprint density at radius 2 is 2.24 bits per heavy atom. The predicted molar refractivity (Wildman–Crippen MR) is 82.3 cm³/mol. The normalized spacial score (nSPS) is 18.1. The summed E-state index contributed by atoms with van der Waals surface area (Å²) in [5.41, 5.74) is 0. The summed E-state index contributed by atoms with van der Waals surface area (Å²) in [5, 5.41) is 8.07. The minimum Gasteiger partial charge on any atom is -0.326 e. The third-order valence-electron chi connectivity index (χ3n) is 3.81. The van der Waals surface area contributed by atoms with Crippen LogP contribution in [0.15, 0.2) is 18.5 Å². The largest absolute Gasteiger partial charge is 0.326 e. The number of amides is 1. The van der Waals surface area contributed by atoms with Crippen LogP contribution in [0.2, 0.25) is 0 Å². The molecule has 0 fully saturated rings. The van der Waals surface area contributed by atoms with Crippen molar-refractivity contribution in [1.29, 1.82) is 0 Å². The quantitative estimate of drug-likeness (QED) is 0.876. The molecule has 0 N–H and O–H groups in total. The minimum atomic E-state index is -0.0237. The van der Waals surface area contributed by atoms with E-state index in [1.54, 1.807) is 17.7 Å². The molecule has 0 saturated carbocycles. The van der Waals surface area contributed by atoms with Gasteiger partial charge in [-0.2, -0.15) is 0 Å². The molecule has 0 saturated heterocycles. The lowest BCUT2D eigenvalue weighted by Gasteiger charge is -2.32. The van der Waals surface area contributed by atoms with Crippen molar-refractivity contribution < 1.29 is 4.79 Å². The predicted octanol–water partition coefficient (Wildman–Crippen LogP) is 2.76. The molecule has 1 aliphatic heterocycles. The second kappa shape index (κ2) is 5.60. The number of rotatable bonds is 3. The second-order valence-electron chi connectivity index (χ2n) is 5.92. The summed E-state index contributed by atoms with van der Waals surface area (Å²) >= 11 is 1.61. The Bertz CT molecular complexity index is 646. The highest BCUT2D eigenvalue weighted by atomic mass is 32.1. The maximum absolute atomic E-state index is 12.7. The maximum atomic E-state index is 12.7. The molecular formula is C15H20N4OS. The van der Waals surface area contributed by atoms with Crippen molar-refractivity contribution in [1.82, 2.24) is 19.7 Å². The highest BCUT2D eigenvalue weighted by Crippen LogP contribution is 2.27. The van der Waals surface area contributed by atoms with E-state index in [2.05, 4.69) is 30.1 Å². The van der Waals surface area contributed by atoms with Crippen molar-refractivity contribution in [2.75, 3.05) is 6.54 Å². The van der Waals surface area contributed by atoms with Crippen LogP contribution < -0.4 is 0 Å². The van der Waals surface area contributed by atoms with Gasteiger partial charge in [0, 0.05) is 18.0 Å². The molecule has 0 aromatic carbocycles. The van der Waals surface area contributed by atoms with Crippen molar-refractivity contribution in [2.24, 2.45) is 5.92 Å². The SMILES string of the molecule is CC(C)Cc1ccc(C(=O)N2CCn3cnnc3C2C)s1. The van der Waals surface area contributed by atoms with Gasteiger partial charge in [0.15, 0.2) is 5.82 Å². The van der Waals surface area contributed by atoms with Crippen molar-refractivity contribution in [3.63, 3.8) is 0 Å². The van der Waals surface area contributed by atoms with Gasteiger partial charge in [0.25, 0.3) is 5.91 Å². The second-order valence-corrected chi connectivity index (χ2v) is 7.09.